The lowest BCUT2D eigenvalue weighted by molar-refractivity contribution is -0.142. The Bertz CT molecular complexity index is 408. The molecule has 0 bridgehead atoms. The van der Waals surface area contributed by atoms with Crippen molar-refractivity contribution in [2.75, 3.05) is 7.11 Å². The van der Waals surface area contributed by atoms with Crippen molar-refractivity contribution < 1.29 is 9.53 Å². The molecule has 0 fully saturated rings. The number of ether oxygens (including phenoxy) is 1. The number of aryl methyl sites for hydroxylation is 1. The Balaban J connectivity index is 2.84. The molecule has 1 heterocycles. The number of hydrogen-bond donors (Lipinski definition) is 2. The second-order valence-electron chi connectivity index (χ2n) is 4.00. The summed E-state index contributed by atoms with van der Waals surface area (Å²) >= 11 is 0. The Kier molecular flexibility index (Phi) is 4.97. The quantitative estimate of drug-likeness (QED) is 0.766. The van der Waals surface area contributed by atoms with Crippen molar-refractivity contribution in [2.45, 2.75) is 32.7 Å². The van der Waals surface area contributed by atoms with Gasteiger partial charge >= 0.3 is 5.97 Å². The SMILES string of the molecule is CCC=Cc1c(CC(N)C(=O)OC)c[nH]c1C. The van der Waals surface area contributed by atoms with Gasteiger partial charge in [0.2, 0.25) is 0 Å². The average Bonchev–Trinajstić information content (AvgIpc) is 2.66. The Labute approximate surface area is 102 Å². The van der Waals surface area contributed by atoms with E-state index in [0.717, 1.165) is 23.2 Å². The second kappa shape index (κ2) is 6.25. The fourth-order valence-corrected chi connectivity index (χ4v) is 1.70. The Morgan fingerprint density at radius 2 is 2.35 bits per heavy atom. The molecule has 0 aliphatic carbocycles. The van der Waals surface area contributed by atoms with E-state index >= 15 is 0 Å². The fourth-order valence-electron chi connectivity index (χ4n) is 1.70. The summed E-state index contributed by atoms with van der Waals surface area (Å²) in [6, 6.07) is -0.607. The van der Waals surface area contributed by atoms with Crippen LogP contribution >= 0.6 is 0 Å². The van der Waals surface area contributed by atoms with Gasteiger partial charge < -0.3 is 15.5 Å². The minimum Gasteiger partial charge on any atom is -0.468 e. The molecule has 4 heteroatoms. The molecule has 0 aliphatic rings. The number of rotatable bonds is 5. The number of nitrogens with two attached hydrogens (primary N) is 1. The smallest absolute Gasteiger partial charge is 0.322 e. The van der Waals surface area contributed by atoms with E-state index in [1.165, 1.54) is 7.11 Å². The zero-order valence-corrected chi connectivity index (χ0v) is 10.6. The van der Waals surface area contributed by atoms with Crippen LogP contribution in [0, 0.1) is 6.92 Å². The number of allylic oxidation sites excluding steroid dienone is 1. The summed E-state index contributed by atoms with van der Waals surface area (Å²) in [6.07, 6.45) is 7.51. The lowest BCUT2D eigenvalue weighted by atomic mass is 10.0. The Hall–Kier alpha value is -1.55. The minimum absolute atomic E-state index is 0.380. The summed E-state index contributed by atoms with van der Waals surface area (Å²) in [5, 5.41) is 0. The first-order chi connectivity index (χ1) is 8.10. The highest BCUT2D eigenvalue weighted by Gasteiger charge is 2.17. The fraction of sp³-hybridized carbons (Fsp3) is 0.462. The van der Waals surface area contributed by atoms with Gasteiger partial charge in [-0.2, -0.15) is 0 Å². The van der Waals surface area contributed by atoms with Crippen LogP contribution in [0.1, 0.15) is 30.2 Å². The molecular formula is C13H20N2O2. The van der Waals surface area contributed by atoms with Crippen molar-refractivity contribution in [3.05, 3.63) is 29.1 Å². The zero-order valence-electron chi connectivity index (χ0n) is 10.6. The third-order valence-electron chi connectivity index (χ3n) is 2.68. The van der Waals surface area contributed by atoms with Gasteiger partial charge in [0.15, 0.2) is 0 Å². The van der Waals surface area contributed by atoms with Gasteiger partial charge in [-0.25, -0.2) is 0 Å². The highest BCUT2D eigenvalue weighted by Crippen LogP contribution is 2.17. The lowest BCUT2D eigenvalue weighted by Gasteiger charge is -2.08. The first kappa shape index (κ1) is 13.5. The molecule has 0 aliphatic heterocycles. The maximum absolute atomic E-state index is 11.3. The van der Waals surface area contributed by atoms with Crippen LogP contribution in [-0.2, 0) is 16.0 Å². The standard InChI is InChI=1S/C13H20N2O2/c1-4-5-6-11-9(2)15-8-10(11)7-12(14)13(16)17-3/h5-6,8,12,15H,4,7,14H2,1-3H3. The van der Waals surface area contributed by atoms with Gasteiger partial charge in [-0.1, -0.05) is 19.1 Å². The summed E-state index contributed by atoms with van der Waals surface area (Å²) in [5.41, 5.74) is 9.00. The van der Waals surface area contributed by atoms with E-state index in [2.05, 4.69) is 28.8 Å². The number of aromatic amines is 1. The highest BCUT2D eigenvalue weighted by molar-refractivity contribution is 5.76. The van der Waals surface area contributed by atoms with Crippen molar-refractivity contribution in [2.24, 2.45) is 5.73 Å². The van der Waals surface area contributed by atoms with Crippen LogP contribution in [0.4, 0.5) is 0 Å². The number of carbonyl (C=O) groups is 1. The van der Waals surface area contributed by atoms with E-state index in [9.17, 15) is 4.79 Å². The number of methoxy groups -OCH3 is 1. The first-order valence-electron chi connectivity index (χ1n) is 5.77. The molecule has 1 unspecified atom stereocenters. The molecule has 17 heavy (non-hydrogen) atoms. The van der Waals surface area contributed by atoms with Gasteiger partial charge in [0.1, 0.15) is 6.04 Å². The van der Waals surface area contributed by atoms with E-state index < -0.39 is 6.04 Å². The van der Waals surface area contributed by atoms with E-state index in [0.29, 0.717) is 6.42 Å². The van der Waals surface area contributed by atoms with Crippen molar-refractivity contribution in [3.63, 3.8) is 0 Å². The summed E-state index contributed by atoms with van der Waals surface area (Å²) in [5.74, 6) is -0.380. The predicted octanol–water partition coefficient (Wildman–Crippen LogP) is 1.79. The van der Waals surface area contributed by atoms with Crippen LogP contribution in [-0.4, -0.2) is 24.1 Å². The summed E-state index contributed by atoms with van der Waals surface area (Å²) in [6.45, 7) is 4.08. The van der Waals surface area contributed by atoms with Crippen LogP contribution in [0.15, 0.2) is 12.3 Å². The van der Waals surface area contributed by atoms with Gasteiger partial charge in [0, 0.05) is 18.3 Å². The molecule has 1 aromatic heterocycles. The number of carbonyl (C=O) groups excluding carboxylic acids is 1. The van der Waals surface area contributed by atoms with Crippen LogP contribution < -0.4 is 5.73 Å². The minimum atomic E-state index is -0.607. The maximum atomic E-state index is 11.3. The number of H-pyrrole nitrogens is 1. The van der Waals surface area contributed by atoms with Crippen LogP contribution in [0.25, 0.3) is 6.08 Å². The van der Waals surface area contributed by atoms with Gasteiger partial charge in [-0.3, -0.25) is 4.79 Å². The summed E-state index contributed by atoms with van der Waals surface area (Å²) in [7, 11) is 1.35. The molecule has 0 amide bonds. The number of hydrogen-bond acceptors (Lipinski definition) is 3. The van der Waals surface area contributed by atoms with E-state index in [1.807, 2.05) is 13.1 Å². The van der Waals surface area contributed by atoms with Gasteiger partial charge in [-0.15, -0.1) is 0 Å². The molecule has 1 aromatic rings. The molecule has 0 radical (unpaired) electrons. The highest BCUT2D eigenvalue weighted by atomic mass is 16.5. The van der Waals surface area contributed by atoms with Crippen molar-refractivity contribution >= 4 is 12.0 Å². The van der Waals surface area contributed by atoms with Gasteiger partial charge in [0.25, 0.3) is 0 Å². The summed E-state index contributed by atoms with van der Waals surface area (Å²) in [4.78, 5) is 14.4. The van der Waals surface area contributed by atoms with Crippen molar-refractivity contribution in [1.29, 1.82) is 0 Å². The van der Waals surface area contributed by atoms with E-state index in [1.54, 1.807) is 0 Å². The molecule has 0 saturated carbocycles. The Morgan fingerprint density at radius 1 is 1.65 bits per heavy atom. The molecular weight excluding hydrogens is 216 g/mol. The molecule has 0 saturated heterocycles. The molecule has 94 valence electrons. The topological polar surface area (TPSA) is 68.1 Å². The third kappa shape index (κ3) is 3.46. The van der Waals surface area contributed by atoms with Crippen LogP contribution in [0.2, 0.25) is 0 Å². The largest absolute Gasteiger partial charge is 0.468 e. The normalized spacial score (nSPS) is 12.9. The van der Waals surface area contributed by atoms with Crippen molar-refractivity contribution in [3.8, 4) is 0 Å². The number of esters is 1. The number of aromatic nitrogens is 1. The van der Waals surface area contributed by atoms with E-state index in [-0.39, 0.29) is 5.97 Å². The van der Waals surface area contributed by atoms with Gasteiger partial charge in [-0.05, 0) is 24.5 Å². The third-order valence-corrected chi connectivity index (χ3v) is 2.68. The van der Waals surface area contributed by atoms with Crippen molar-refractivity contribution in [1.82, 2.24) is 4.98 Å². The molecule has 0 spiro atoms. The van der Waals surface area contributed by atoms with E-state index in [4.69, 9.17) is 5.73 Å². The van der Waals surface area contributed by atoms with Crippen LogP contribution in [0.5, 0.6) is 0 Å². The van der Waals surface area contributed by atoms with Gasteiger partial charge in [0.05, 0.1) is 7.11 Å². The average molecular weight is 236 g/mol. The maximum Gasteiger partial charge on any atom is 0.322 e. The lowest BCUT2D eigenvalue weighted by Crippen LogP contribution is -2.33. The second-order valence-corrected chi connectivity index (χ2v) is 4.00. The summed E-state index contributed by atoms with van der Waals surface area (Å²) < 4.78 is 4.62. The Morgan fingerprint density at radius 3 is 2.94 bits per heavy atom. The molecule has 4 nitrogen and oxygen atoms in total. The predicted molar refractivity (Wildman–Crippen MR) is 68.6 cm³/mol. The molecule has 1 rings (SSSR count). The monoisotopic (exact) mass is 236 g/mol. The first-order valence-corrected chi connectivity index (χ1v) is 5.77. The zero-order chi connectivity index (χ0) is 12.8. The number of nitrogens with one attached hydrogen (secondary N) is 1. The molecule has 0 aromatic carbocycles. The molecule has 1 atom stereocenters. The van der Waals surface area contributed by atoms with Crippen LogP contribution in [0.3, 0.4) is 0 Å². The molecule has 3 N–H and O–H groups in total.